The number of carbonyl (C=O) groups is 2. The number of hydrogen-bond acceptors (Lipinski definition) is 3. The van der Waals surface area contributed by atoms with Crippen molar-refractivity contribution in [3.8, 4) is 0 Å². The van der Waals surface area contributed by atoms with E-state index in [0.717, 1.165) is 15.2 Å². The van der Waals surface area contributed by atoms with Crippen LogP contribution in [-0.2, 0) is 4.74 Å². The summed E-state index contributed by atoms with van der Waals surface area (Å²) in [5.74, 6) is -0.00228. The van der Waals surface area contributed by atoms with Crippen LogP contribution >= 0.6 is 15.9 Å². The number of rotatable bonds is 1. The summed E-state index contributed by atoms with van der Waals surface area (Å²) < 4.78 is 6.38. The Morgan fingerprint density at radius 3 is 2.15 bits per heavy atom. The molecule has 0 aliphatic carbocycles. The predicted molar refractivity (Wildman–Crippen MR) is 105 cm³/mol. The van der Waals surface area contributed by atoms with Gasteiger partial charge in [-0.25, -0.2) is 4.79 Å². The monoisotopic (exact) mass is 418 g/mol. The van der Waals surface area contributed by atoms with Crippen molar-refractivity contribution in [1.29, 1.82) is 0 Å². The Bertz CT molecular complexity index is 837. The molecule has 138 valence electrons. The van der Waals surface area contributed by atoms with Crippen molar-refractivity contribution in [2.75, 3.05) is 26.2 Å². The van der Waals surface area contributed by atoms with Crippen molar-refractivity contribution in [2.45, 2.75) is 26.4 Å². The van der Waals surface area contributed by atoms with Gasteiger partial charge in [-0.1, -0.05) is 40.2 Å². The van der Waals surface area contributed by atoms with E-state index in [1.165, 1.54) is 0 Å². The molecule has 0 radical (unpaired) electrons. The minimum atomic E-state index is -0.514. The topological polar surface area (TPSA) is 49.9 Å². The molecule has 1 aliphatic rings. The molecule has 26 heavy (non-hydrogen) atoms. The maximum Gasteiger partial charge on any atom is 0.410 e. The van der Waals surface area contributed by atoms with Gasteiger partial charge < -0.3 is 14.5 Å². The number of ether oxygens (including phenoxy) is 1. The SMILES string of the molecule is CC(C)(C)OC(=O)N1CCN(C(=O)c2cccc3c(Br)cccc23)CC1. The van der Waals surface area contributed by atoms with Crippen LogP contribution < -0.4 is 0 Å². The van der Waals surface area contributed by atoms with E-state index in [1.54, 1.807) is 9.80 Å². The number of carbonyl (C=O) groups excluding carboxylic acids is 2. The Morgan fingerprint density at radius 1 is 0.923 bits per heavy atom. The second-order valence-corrected chi connectivity index (χ2v) is 8.25. The van der Waals surface area contributed by atoms with Gasteiger partial charge >= 0.3 is 6.09 Å². The summed E-state index contributed by atoms with van der Waals surface area (Å²) in [5, 5.41) is 1.95. The number of amides is 2. The number of benzene rings is 2. The highest BCUT2D eigenvalue weighted by Gasteiger charge is 2.28. The first kappa shape index (κ1) is 18.7. The fraction of sp³-hybridized carbons (Fsp3) is 0.400. The molecule has 0 spiro atoms. The van der Waals surface area contributed by atoms with E-state index >= 15 is 0 Å². The molecule has 5 nitrogen and oxygen atoms in total. The second kappa shape index (κ2) is 7.27. The van der Waals surface area contributed by atoms with Crippen molar-refractivity contribution in [3.05, 3.63) is 46.4 Å². The van der Waals surface area contributed by atoms with Crippen molar-refractivity contribution in [1.82, 2.24) is 9.80 Å². The van der Waals surface area contributed by atoms with E-state index in [0.29, 0.717) is 31.7 Å². The van der Waals surface area contributed by atoms with Gasteiger partial charge in [0.2, 0.25) is 0 Å². The van der Waals surface area contributed by atoms with Crippen molar-refractivity contribution in [3.63, 3.8) is 0 Å². The molecule has 0 bridgehead atoms. The van der Waals surface area contributed by atoms with Crippen molar-refractivity contribution in [2.24, 2.45) is 0 Å². The molecule has 1 fully saturated rings. The smallest absolute Gasteiger partial charge is 0.410 e. The summed E-state index contributed by atoms with van der Waals surface area (Å²) in [7, 11) is 0. The van der Waals surface area contributed by atoms with Crippen LogP contribution in [0.15, 0.2) is 40.9 Å². The average molecular weight is 419 g/mol. The van der Waals surface area contributed by atoms with E-state index in [2.05, 4.69) is 15.9 Å². The minimum Gasteiger partial charge on any atom is -0.444 e. The largest absolute Gasteiger partial charge is 0.444 e. The Balaban J connectivity index is 1.72. The predicted octanol–water partition coefficient (Wildman–Crippen LogP) is 4.30. The highest BCUT2D eigenvalue weighted by molar-refractivity contribution is 9.10. The lowest BCUT2D eigenvalue weighted by molar-refractivity contribution is 0.0141. The van der Waals surface area contributed by atoms with E-state index < -0.39 is 5.60 Å². The first-order valence-electron chi connectivity index (χ1n) is 8.71. The lowest BCUT2D eigenvalue weighted by Gasteiger charge is -2.35. The van der Waals surface area contributed by atoms with Crippen LogP contribution in [0.4, 0.5) is 4.79 Å². The Hall–Kier alpha value is -2.08. The number of nitrogens with zero attached hydrogens (tertiary/aromatic N) is 2. The summed E-state index contributed by atoms with van der Waals surface area (Å²) in [6.07, 6.45) is -0.321. The highest BCUT2D eigenvalue weighted by atomic mass is 79.9. The summed E-state index contributed by atoms with van der Waals surface area (Å²) in [6, 6.07) is 11.6. The molecular formula is C20H23BrN2O3. The minimum absolute atomic E-state index is 0.00228. The molecule has 0 unspecified atom stereocenters. The maximum atomic E-state index is 13.0. The van der Waals surface area contributed by atoms with Crippen LogP contribution in [-0.4, -0.2) is 53.6 Å². The van der Waals surface area contributed by atoms with Crippen LogP contribution in [0.2, 0.25) is 0 Å². The van der Waals surface area contributed by atoms with Gasteiger partial charge in [-0.2, -0.15) is 0 Å². The number of hydrogen-bond donors (Lipinski definition) is 0. The normalized spacial score (nSPS) is 15.2. The van der Waals surface area contributed by atoms with Crippen LogP contribution in [0.5, 0.6) is 0 Å². The fourth-order valence-corrected chi connectivity index (χ4v) is 3.55. The molecule has 0 aromatic heterocycles. The maximum absolute atomic E-state index is 13.0. The van der Waals surface area contributed by atoms with Crippen LogP contribution in [0.3, 0.4) is 0 Å². The van der Waals surface area contributed by atoms with Gasteiger partial charge in [0.1, 0.15) is 5.60 Å². The molecule has 1 saturated heterocycles. The zero-order valence-corrected chi connectivity index (χ0v) is 16.9. The molecule has 0 N–H and O–H groups in total. The number of fused-ring (bicyclic) bond motifs is 1. The van der Waals surface area contributed by atoms with Crippen LogP contribution in [0.1, 0.15) is 31.1 Å². The molecular weight excluding hydrogens is 396 g/mol. The van der Waals surface area contributed by atoms with Gasteiger partial charge in [-0.3, -0.25) is 4.79 Å². The molecule has 0 atom stereocenters. The molecule has 2 aromatic rings. The van der Waals surface area contributed by atoms with Crippen molar-refractivity contribution >= 4 is 38.7 Å². The molecule has 1 heterocycles. The van der Waals surface area contributed by atoms with Gasteiger partial charge in [0.05, 0.1) is 0 Å². The van der Waals surface area contributed by atoms with Gasteiger partial charge in [0.25, 0.3) is 5.91 Å². The molecule has 2 amide bonds. The third-order valence-corrected chi connectivity index (χ3v) is 5.01. The standard InChI is InChI=1S/C20H23BrN2O3/c1-20(2,3)26-19(25)23-12-10-22(11-13-23)18(24)16-8-4-7-15-14(16)6-5-9-17(15)21/h4-9H,10-13H2,1-3H3. The summed E-state index contributed by atoms with van der Waals surface area (Å²) in [6.45, 7) is 7.52. The number of piperazine rings is 1. The third-order valence-electron chi connectivity index (χ3n) is 4.32. The quantitative estimate of drug-likeness (QED) is 0.693. The summed E-state index contributed by atoms with van der Waals surface area (Å²) in [4.78, 5) is 28.6. The van der Waals surface area contributed by atoms with Gasteiger partial charge in [-0.05, 0) is 43.7 Å². The highest BCUT2D eigenvalue weighted by Crippen LogP contribution is 2.27. The second-order valence-electron chi connectivity index (χ2n) is 7.40. The fourth-order valence-electron chi connectivity index (χ4n) is 3.05. The third kappa shape index (κ3) is 4.01. The number of halogens is 1. The lowest BCUT2D eigenvalue weighted by Crippen LogP contribution is -2.51. The van der Waals surface area contributed by atoms with E-state index in [1.807, 2.05) is 57.2 Å². The zero-order chi connectivity index (χ0) is 18.9. The molecule has 3 rings (SSSR count). The Kier molecular flexibility index (Phi) is 5.23. The Morgan fingerprint density at radius 2 is 1.50 bits per heavy atom. The zero-order valence-electron chi connectivity index (χ0n) is 15.3. The van der Waals surface area contributed by atoms with Gasteiger partial charge in [0, 0.05) is 36.2 Å². The average Bonchev–Trinajstić information content (AvgIpc) is 2.60. The van der Waals surface area contributed by atoms with Gasteiger partial charge in [0.15, 0.2) is 0 Å². The lowest BCUT2D eigenvalue weighted by atomic mass is 10.0. The molecule has 2 aromatic carbocycles. The molecule has 0 saturated carbocycles. The van der Waals surface area contributed by atoms with E-state index in [4.69, 9.17) is 4.74 Å². The van der Waals surface area contributed by atoms with Crippen LogP contribution in [0, 0.1) is 0 Å². The summed E-state index contributed by atoms with van der Waals surface area (Å²) in [5.41, 5.74) is 0.176. The first-order valence-corrected chi connectivity index (χ1v) is 9.50. The van der Waals surface area contributed by atoms with E-state index in [9.17, 15) is 9.59 Å². The molecule has 6 heteroatoms. The van der Waals surface area contributed by atoms with E-state index in [-0.39, 0.29) is 12.0 Å². The Labute approximate surface area is 162 Å². The summed E-state index contributed by atoms with van der Waals surface area (Å²) >= 11 is 3.54. The van der Waals surface area contributed by atoms with Crippen LogP contribution in [0.25, 0.3) is 10.8 Å². The molecule has 1 aliphatic heterocycles. The van der Waals surface area contributed by atoms with Crippen molar-refractivity contribution < 1.29 is 14.3 Å². The first-order chi connectivity index (χ1) is 12.3. The van der Waals surface area contributed by atoms with Gasteiger partial charge in [-0.15, -0.1) is 0 Å².